The Labute approximate surface area is 117 Å². The van der Waals surface area contributed by atoms with Crippen molar-refractivity contribution in [1.29, 1.82) is 0 Å². The Balaban J connectivity index is 2.26. The molecule has 0 aliphatic carbocycles. The van der Waals surface area contributed by atoms with Gasteiger partial charge in [-0.3, -0.25) is 4.90 Å². The Morgan fingerprint density at radius 1 is 1.28 bits per heavy atom. The van der Waals surface area contributed by atoms with Gasteiger partial charge >= 0.3 is 0 Å². The average molecular weight is 315 g/mol. The molecule has 4 heteroatoms. The van der Waals surface area contributed by atoms with Gasteiger partial charge in [0.1, 0.15) is 5.82 Å². The van der Waals surface area contributed by atoms with Crippen molar-refractivity contribution in [2.24, 2.45) is 0 Å². The average Bonchev–Trinajstić information content (AvgIpc) is 2.35. The van der Waals surface area contributed by atoms with Gasteiger partial charge < -0.3 is 4.90 Å². The second-order valence-electron chi connectivity index (χ2n) is 5.18. The summed E-state index contributed by atoms with van der Waals surface area (Å²) in [7, 11) is 2.17. The molecule has 1 heterocycles. The molecule has 0 N–H and O–H groups in total. The third-order valence-corrected chi connectivity index (χ3v) is 4.49. The number of piperazine rings is 1. The predicted molar refractivity (Wildman–Crippen MR) is 77.9 cm³/mol. The van der Waals surface area contributed by atoms with Crippen molar-refractivity contribution in [2.75, 3.05) is 25.0 Å². The summed E-state index contributed by atoms with van der Waals surface area (Å²) in [4.78, 5) is 4.76. The molecular formula is C14H20BrFN2. The van der Waals surface area contributed by atoms with Crippen LogP contribution in [-0.2, 0) is 5.33 Å². The van der Waals surface area contributed by atoms with E-state index in [0.717, 1.165) is 24.3 Å². The molecule has 1 fully saturated rings. The molecule has 1 saturated heterocycles. The molecule has 1 aromatic rings. The first-order valence-corrected chi connectivity index (χ1v) is 7.46. The number of alkyl halides is 1. The summed E-state index contributed by atoms with van der Waals surface area (Å²) in [5.74, 6) is -0.163. The van der Waals surface area contributed by atoms with Crippen LogP contribution >= 0.6 is 15.9 Å². The lowest BCUT2D eigenvalue weighted by atomic mass is 10.1. The Kier molecular flexibility index (Phi) is 4.28. The number of anilines is 1. The van der Waals surface area contributed by atoms with Gasteiger partial charge in [0.15, 0.2) is 0 Å². The van der Waals surface area contributed by atoms with Crippen molar-refractivity contribution < 1.29 is 4.39 Å². The Hall–Kier alpha value is -0.610. The molecule has 100 valence electrons. The molecule has 2 atom stereocenters. The van der Waals surface area contributed by atoms with E-state index in [2.05, 4.69) is 46.6 Å². The summed E-state index contributed by atoms with van der Waals surface area (Å²) in [6.07, 6.45) is 0. The fourth-order valence-electron chi connectivity index (χ4n) is 2.57. The highest BCUT2D eigenvalue weighted by Crippen LogP contribution is 2.27. The van der Waals surface area contributed by atoms with Crippen LogP contribution in [0.15, 0.2) is 18.2 Å². The van der Waals surface area contributed by atoms with E-state index in [4.69, 9.17) is 0 Å². The van der Waals surface area contributed by atoms with Gasteiger partial charge in [-0.05, 0) is 44.7 Å². The van der Waals surface area contributed by atoms with Crippen molar-refractivity contribution >= 4 is 21.6 Å². The van der Waals surface area contributed by atoms with Gasteiger partial charge in [0.25, 0.3) is 0 Å². The molecule has 0 bridgehead atoms. The van der Waals surface area contributed by atoms with Crippen LogP contribution in [0, 0.1) is 5.82 Å². The number of likely N-dealkylation sites (N-methyl/N-ethyl adjacent to an activating group) is 1. The van der Waals surface area contributed by atoms with Crippen LogP contribution in [0.5, 0.6) is 0 Å². The largest absolute Gasteiger partial charge is 0.368 e. The molecular weight excluding hydrogens is 295 g/mol. The van der Waals surface area contributed by atoms with Crippen molar-refractivity contribution in [2.45, 2.75) is 31.3 Å². The number of rotatable bonds is 2. The summed E-state index contributed by atoms with van der Waals surface area (Å²) >= 11 is 3.45. The zero-order valence-corrected chi connectivity index (χ0v) is 12.7. The highest BCUT2D eigenvalue weighted by atomic mass is 79.9. The minimum absolute atomic E-state index is 0.163. The van der Waals surface area contributed by atoms with Gasteiger partial charge in [0.2, 0.25) is 0 Å². The maximum absolute atomic E-state index is 13.3. The zero-order valence-electron chi connectivity index (χ0n) is 11.2. The molecule has 0 amide bonds. The third-order valence-electron chi connectivity index (χ3n) is 3.89. The van der Waals surface area contributed by atoms with Crippen molar-refractivity contribution in [3.63, 3.8) is 0 Å². The van der Waals surface area contributed by atoms with Gasteiger partial charge in [-0.2, -0.15) is 0 Å². The maximum atomic E-state index is 13.3. The summed E-state index contributed by atoms with van der Waals surface area (Å²) < 4.78 is 13.3. The fourth-order valence-corrected chi connectivity index (χ4v) is 3.02. The minimum Gasteiger partial charge on any atom is -0.368 e. The van der Waals surface area contributed by atoms with Gasteiger partial charge in [0, 0.05) is 36.2 Å². The highest BCUT2D eigenvalue weighted by Gasteiger charge is 2.27. The van der Waals surface area contributed by atoms with Crippen LogP contribution in [0.1, 0.15) is 19.4 Å². The summed E-state index contributed by atoms with van der Waals surface area (Å²) in [6.45, 7) is 6.46. The molecule has 0 radical (unpaired) electrons. The molecule has 0 aromatic heterocycles. The van der Waals surface area contributed by atoms with Crippen LogP contribution in [0.4, 0.5) is 10.1 Å². The molecule has 2 nitrogen and oxygen atoms in total. The van der Waals surface area contributed by atoms with E-state index in [0.29, 0.717) is 17.4 Å². The van der Waals surface area contributed by atoms with Gasteiger partial charge in [-0.1, -0.05) is 15.9 Å². The number of hydrogen-bond acceptors (Lipinski definition) is 2. The van der Waals surface area contributed by atoms with E-state index < -0.39 is 0 Å². The molecule has 0 saturated carbocycles. The van der Waals surface area contributed by atoms with E-state index in [1.165, 1.54) is 0 Å². The lowest BCUT2D eigenvalue weighted by Crippen LogP contribution is -2.55. The standard InChI is InChI=1S/C14H20BrFN2/c1-10-8-18(9-11(2)17(10)3)14-5-4-13(16)6-12(14)7-15/h4-6,10-11H,7-9H2,1-3H3. The van der Waals surface area contributed by atoms with Crippen LogP contribution in [-0.4, -0.2) is 37.1 Å². The molecule has 2 unspecified atom stereocenters. The lowest BCUT2D eigenvalue weighted by Gasteiger charge is -2.44. The quantitative estimate of drug-likeness (QED) is 0.773. The van der Waals surface area contributed by atoms with Gasteiger partial charge in [-0.25, -0.2) is 4.39 Å². The minimum atomic E-state index is -0.163. The number of benzene rings is 1. The summed E-state index contributed by atoms with van der Waals surface area (Å²) in [6, 6.07) is 6.10. The Morgan fingerprint density at radius 2 is 1.89 bits per heavy atom. The molecule has 0 spiro atoms. The normalized spacial score (nSPS) is 25.5. The first-order valence-electron chi connectivity index (χ1n) is 6.34. The molecule has 1 aromatic carbocycles. The predicted octanol–water partition coefficient (Wildman–Crippen LogP) is 3.25. The fraction of sp³-hybridized carbons (Fsp3) is 0.571. The SMILES string of the molecule is CC1CN(c2ccc(F)cc2CBr)CC(C)N1C. The first-order chi connectivity index (χ1) is 8.52. The number of nitrogens with zero attached hydrogens (tertiary/aromatic N) is 2. The Morgan fingerprint density at radius 3 is 2.44 bits per heavy atom. The zero-order chi connectivity index (χ0) is 13.3. The van der Waals surface area contributed by atoms with E-state index in [-0.39, 0.29) is 5.82 Å². The van der Waals surface area contributed by atoms with Crippen LogP contribution in [0.2, 0.25) is 0 Å². The first kappa shape index (κ1) is 13.8. The maximum Gasteiger partial charge on any atom is 0.123 e. The molecule has 2 rings (SSSR count). The van der Waals surface area contributed by atoms with Crippen molar-refractivity contribution in [3.05, 3.63) is 29.6 Å². The van der Waals surface area contributed by atoms with Gasteiger partial charge in [-0.15, -0.1) is 0 Å². The monoisotopic (exact) mass is 314 g/mol. The van der Waals surface area contributed by atoms with E-state index in [9.17, 15) is 4.39 Å². The topological polar surface area (TPSA) is 6.48 Å². The molecule has 1 aliphatic heterocycles. The van der Waals surface area contributed by atoms with Crippen LogP contribution in [0.25, 0.3) is 0 Å². The Bertz CT molecular complexity index is 412. The summed E-state index contributed by atoms with van der Waals surface area (Å²) in [5.41, 5.74) is 2.18. The number of halogens is 2. The van der Waals surface area contributed by atoms with Crippen LogP contribution < -0.4 is 4.90 Å². The smallest absolute Gasteiger partial charge is 0.123 e. The second-order valence-corrected chi connectivity index (χ2v) is 5.74. The molecule has 18 heavy (non-hydrogen) atoms. The van der Waals surface area contributed by atoms with Crippen molar-refractivity contribution in [1.82, 2.24) is 4.90 Å². The van der Waals surface area contributed by atoms with E-state index >= 15 is 0 Å². The van der Waals surface area contributed by atoms with Crippen LogP contribution in [0.3, 0.4) is 0 Å². The summed E-state index contributed by atoms with van der Waals surface area (Å²) in [5, 5.41) is 0.690. The number of hydrogen-bond donors (Lipinski definition) is 0. The molecule has 1 aliphatic rings. The van der Waals surface area contributed by atoms with Gasteiger partial charge in [0.05, 0.1) is 0 Å². The van der Waals surface area contributed by atoms with E-state index in [1.807, 2.05) is 6.07 Å². The second kappa shape index (κ2) is 5.57. The lowest BCUT2D eigenvalue weighted by molar-refractivity contribution is 0.170. The highest BCUT2D eigenvalue weighted by molar-refractivity contribution is 9.08. The van der Waals surface area contributed by atoms with Crippen molar-refractivity contribution in [3.8, 4) is 0 Å². The van der Waals surface area contributed by atoms with E-state index in [1.54, 1.807) is 12.1 Å². The third kappa shape index (κ3) is 2.69.